The molecule has 0 bridgehead atoms. The van der Waals surface area contributed by atoms with Gasteiger partial charge in [0.05, 0.1) is 5.39 Å². The summed E-state index contributed by atoms with van der Waals surface area (Å²) in [5.74, 6) is 1.58. The van der Waals surface area contributed by atoms with Gasteiger partial charge in [0, 0.05) is 25.3 Å². The van der Waals surface area contributed by atoms with Gasteiger partial charge in [0.15, 0.2) is 6.61 Å². The van der Waals surface area contributed by atoms with E-state index < -0.39 is 0 Å². The van der Waals surface area contributed by atoms with Gasteiger partial charge in [-0.3, -0.25) is 4.79 Å². The Kier molecular flexibility index (Phi) is 4.68. The predicted molar refractivity (Wildman–Crippen MR) is 99.2 cm³/mol. The molecular weight excluding hydrogens is 330 g/mol. The summed E-state index contributed by atoms with van der Waals surface area (Å²) in [6.45, 7) is 1.74. The summed E-state index contributed by atoms with van der Waals surface area (Å²) in [5.41, 5.74) is 0.850. The summed E-state index contributed by atoms with van der Waals surface area (Å²) >= 11 is 0. The van der Waals surface area contributed by atoms with Crippen molar-refractivity contribution < 1.29 is 9.53 Å². The Morgan fingerprint density at radius 1 is 1.19 bits per heavy atom. The first-order chi connectivity index (χ1) is 12.8. The third-order valence-electron chi connectivity index (χ3n) is 4.61. The number of fused-ring (bicyclic) bond motifs is 1. The minimum Gasteiger partial charge on any atom is -0.484 e. The highest BCUT2D eigenvalue weighted by atomic mass is 16.5. The number of anilines is 1. The van der Waals surface area contributed by atoms with Crippen molar-refractivity contribution in [2.24, 2.45) is 0 Å². The minimum atomic E-state index is -0.0811. The van der Waals surface area contributed by atoms with Crippen LogP contribution in [-0.2, 0) is 4.79 Å². The van der Waals surface area contributed by atoms with Crippen LogP contribution in [0.15, 0.2) is 48.9 Å². The Bertz CT molecular complexity index is 872. The molecule has 2 aromatic heterocycles. The van der Waals surface area contributed by atoms with E-state index in [1.54, 1.807) is 6.33 Å². The van der Waals surface area contributed by atoms with E-state index in [0.29, 0.717) is 5.75 Å². The van der Waals surface area contributed by atoms with E-state index in [-0.39, 0.29) is 18.6 Å². The first-order valence-corrected chi connectivity index (χ1v) is 8.80. The zero-order chi connectivity index (χ0) is 17.8. The van der Waals surface area contributed by atoms with Crippen LogP contribution in [-0.4, -0.2) is 46.6 Å². The van der Waals surface area contributed by atoms with Crippen molar-refractivity contribution in [3.8, 4) is 5.75 Å². The van der Waals surface area contributed by atoms with Crippen molar-refractivity contribution in [3.63, 3.8) is 0 Å². The predicted octanol–water partition coefficient (Wildman–Crippen LogP) is 2.12. The lowest BCUT2D eigenvalue weighted by Crippen LogP contribution is -2.46. The first kappa shape index (κ1) is 16.4. The van der Waals surface area contributed by atoms with Crippen LogP contribution < -0.4 is 15.0 Å². The lowest BCUT2D eigenvalue weighted by molar-refractivity contribution is -0.123. The summed E-state index contributed by atoms with van der Waals surface area (Å²) in [5, 5.41) is 4.10. The van der Waals surface area contributed by atoms with Crippen molar-refractivity contribution in [1.29, 1.82) is 0 Å². The summed E-state index contributed by atoms with van der Waals surface area (Å²) in [7, 11) is 0. The quantitative estimate of drug-likeness (QED) is 0.736. The molecule has 7 heteroatoms. The number of aromatic amines is 1. The number of para-hydroxylation sites is 1. The number of benzene rings is 1. The number of H-pyrrole nitrogens is 1. The van der Waals surface area contributed by atoms with Gasteiger partial charge in [0.25, 0.3) is 5.91 Å². The van der Waals surface area contributed by atoms with Gasteiger partial charge >= 0.3 is 0 Å². The number of nitrogens with zero attached hydrogens (tertiary/aromatic N) is 3. The Morgan fingerprint density at radius 3 is 2.81 bits per heavy atom. The van der Waals surface area contributed by atoms with Crippen LogP contribution in [0.5, 0.6) is 5.75 Å². The Hall–Kier alpha value is -3.09. The SMILES string of the molecule is O=C(COc1ccccc1)NC1CCN(c2ncnc3[nH]ccc23)CC1. The maximum absolute atomic E-state index is 12.1. The number of nitrogens with one attached hydrogen (secondary N) is 2. The lowest BCUT2D eigenvalue weighted by Gasteiger charge is -2.33. The van der Waals surface area contributed by atoms with Crippen molar-refractivity contribution in [1.82, 2.24) is 20.3 Å². The Labute approximate surface area is 151 Å². The van der Waals surface area contributed by atoms with Crippen molar-refractivity contribution in [2.75, 3.05) is 24.6 Å². The molecule has 134 valence electrons. The number of rotatable bonds is 5. The molecule has 4 rings (SSSR count). The molecule has 1 saturated heterocycles. The van der Waals surface area contributed by atoms with E-state index >= 15 is 0 Å². The van der Waals surface area contributed by atoms with Crippen LogP contribution in [0.4, 0.5) is 5.82 Å². The van der Waals surface area contributed by atoms with Gasteiger partial charge in [0.1, 0.15) is 23.5 Å². The van der Waals surface area contributed by atoms with Gasteiger partial charge in [-0.2, -0.15) is 0 Å². The smallest absolute Gasteiger partial charge is 0.258 e. The molecular formula is C19H21N5O2. The van der Waals surface area contributed by atoms with E-state index in [2.05, 4.69) is 25.2 Å². The molecule has 0 saturated carbocycles. The number of hydrogen-bond donors (Lipinski definition) is 2. The van der Waals surface area contributed by atoms with Crippen molar-refractivity contribution >= 4 is 22.8 Å². The summed E-state index contributed by atoms with van der Waals surface area (Å²) in [6, 6.07) is 11.5. The summed E-state index contributed by atoms with van der Waals surface area (Å²) < 4.78 is 5.50. The van der Waals surface area contributed by atoms with Crippen LogP contribution in [0.25, 0.3) is 11.0 Å². The fourth-order valence-electron chi connectivity index (χ4n) is 3.28. The zero-order valence-corrected chi connectivity index (χ0v) is 14.4. The second-order valence-electron chi connectivity index (χ2n) is 6.37. The van der Waals surface area contributed by atoms with Gasteiger partial charge < -0.3 is 19.9 Å². The van der Waals surface area contributed by atoms with E-state index in [0.717, 1.165) is 42.8 Å². The van der Waals surface area contributed by atoms with Gasteiger partial charge in [0.2, 0.25) is 0 Å². The molecule has 0 atom stereocenters. The number of aromatic nitrogens is 3. The topological polar surface area (TPSA) is 83.1 Å². The number of ether oxygens (including phenoxy) is 1. The average Bonchev–Trinajstić information content (AvgIpc) is 3.17. The Balaban J connectivity index is 1.28. The molecule has 1 aliphatic heterocycles. The molecule has 26 heavy (non-hydrogen) atoms. The molecule has 3 aromatic rings. The number of carbonyl (C=O) groups is 1. The molecule has 1 aliphatic rings. The van der Waals surface area contributed by atoms with Gasteiger partial charge in [-0.05, 0) is 31.0 Å². The average molecular weight is 351 g/mol. The number of carbonyl (C=O) groups excluding carboxylic acids is 1. The molecule has 1 amide bonds. The third-order valence-corrected chi connectivity index (χ3v) is 4.61. The number of piperidine rings is 1. The molecule has 7 nitrogen and oxygen atoms in total. The third kappa shape index (κ3) is 3.61. The summed E-state index contributed by atoms with van der Waals surface area (Å²) in [4.78, 5) is 26.1. The van der Waals surface area contributed by atoms with Crippen LogP contribution in [0.1, 0.15) is 12.8 Å². The van der Waals surface area contributed by atoms with Crippen LogP contribution in [0.2, 0.25) is 0 Å². The van der Waals surface area contributed by atoms with Crippen molar-refractivity contribution in [2.45, 2.75) is 18.9 Å². The molecule has 1 fully saturated rings. The van der Waals surface area contributed by atoms with E-state index in [1.165, 1.54) is 0 Å². The van der Waals surface area contributed by atoms with Gasteiger partial charge in [-0.15, -0.1) is 0 Å². The van der Waals surface area contributed by atoms with Gasteiger partial charge in [-0.1, -0.05) is 18.2 Å². The second-order valence-corrected chi connectivity index (χ2v) is 6.37. The highest BCUT2D eigenvalue weighted by Crippen LogP contribution is 2.24. The van der Waals surface area contributed by atoms with Crippen LogP contribution in [0.3, 0.4) is 0 Å². The van der Waals surface area contributed by atoms with Crippen LogP contribution >= 0.6 is 0 Å². The molecule has 2 N–H and O–H groups in total. The largest absolute Gasteiger partial charge is 0.484 e. The molecule has 0 spiro atoms. The second kappa shape index (κ2) is 7.43. The normalized spacial score (nSPS) is 15.2. The van der Waals surface area contributed by atoms with E-state index in [9.17, 15) is 4.79 Å². The molecule has 3 heterocycles. The molecule has 1 aromatic carbocycles. The fraction of sp³-hybridized carbons (Fsp3) is 0.316. The fourth-order valence-corrected chi connectivity index (χ4v) is 3.28. The Morgan fingerprint density at radius 2 is 2.00 bits per heavy atom. The summed E-state index contributed by atoms with van der Waals surface area (Å²) in [6.07, 6.45) is 5.23. The molecule has 0 unspecified atom stereocenters. The van der Waals surface area contributed by atoms with E-state index in [1.807, 2.05) is 42.6 Å². The maximum atomic E-state index is 12.1. The monoisotopic (exact) mass is 351 g/mol. The molecule has 0 aliphatic carbocycles. The zero-order valence-electron chi connectivity index (χ0n) is 14.4. The molecule has 0 radical (unpaired) electrons. The number of amides is 1. The lowest BCUT2D eigenvalue weighted by atomic mass is 10.0. The van der Waals surface area contributed by atoms with E-state index in [4.69, 9.17) is 4.74 Å². The van der Waals surface area contributed by atoms with Gasteiger partial charge in [-0.25, -0.2) is 9.97 Å². The highest BCUT2D eigenvalue weighted by Gasteiger charge is 2.23. The minimum absolute atomic E-state index is 0.0418. The standard InChI is InChI=1S/C19H21N5O2/c25-17(12-26-15-4-2-1-3-5-15)23-14-7-10-24(11-8-14)19-16-6-9-20-18(16)21-13-22-19/h1-6,9,13-14H,7-8,10-12H2,(H,23,25)(H,20,21,22). The van der Waals surface area contributed by atoms with Crippen molar-refractivity contribution in [3.05, 3.63) is 48.9 Å². The van der Waals surface area contributed by atoms with Crippen LogP contribution in [0, 0.1) is 0 Å². The number of hydrogen-bond acceptors (Lipinski definition) is 5. The first-order valence-electron chi connectivity index (χ1n) is 8.80. The maximum Gasteiger partial charge on any atom is 0.258 e. The highest BCUT2D eigenvalue weighted by molar-refractivity contribution is 5.87.